The molecule has 3 aliphatic rings. The predicted molar refractivity (Wildman–Crippen MR) is 113 cm³/mol. The van der Waals surface area contributed by atoms with E-state index in [1.54, 1.807) is 0 Å². The fraction of sp³-hybridized carbons (Fsp3) is 0.667. The maximum atomic E-state index is 13.4. The Morgan fingerprint density at radius 1 is 1.03 bits per heavy atom. The third kappa shape index (κ3) is 4.52. The molecule has 0 aromatic heterocycles. The van der Waals surface area contributed by atoms with Crippen molar-refractivity contribution in [2.45, 2.75) is 49.5 Å². The van der Waals surface area contributed by atoms with Crippen molar-refractivity contribution in [3.8, 4) is 0 Å². The fourth-order valence-electron chi connectivity index (χ4n) is 4.94. The first kappa shape index (κ1) is 22.0. The number of amides is 1. The van der Waals surface area contributed by atoms with Crippen molar-refractivity contribution in [1.82, 2.24) is 14.1 Å². The van der Waals surface area contributed by atoms with Crippen molar-refractivity contribution in [2.24, 2.45) is 5.92 Å². The van der Waals surface area contributed by atoms with Gasteiger partial charge in [0.05, 0.1) is 9.92 Å². The summed E-state index contributed by atoms with van der Waals surface area (Å²) in [7, 11) is -3.75. The van der Waals surface area contributed by atoms with Gasteiger partial charge in [0.25, 0.3) is 0 Å². The number of piperidine rings is 1. The summed E-state index contributed by atoms with van der Waals surface area (Å²) in [5.74, 6) is -0.597. The van der Waals surface area contributed by atoms with Crippen LogP contribution >= 0.6 is 11.6 Å². The van der Waals surface area contributed by atoms with E-state index < -0.39 is 15.8 Å². The Hall–Kier alpha value is -1.22. The number of hydrogen-bond acceptors (Lipinski definition) is 4. The molecule has 9 heteroatoms. The minimum atomic E-state index is -3.75. The minimum absolute atomic E-state index is 0.0103. The standard InChI is InChI=1S/C21H29ClFN3O3S/c22-19-14-18(5-6-20(19)23)30(28,29)25-12-7-16(8-13-25)21(27)26-11-3-4-17(26)15-24-9-1-2-10-24/h5-6,14,16-17H,1-4,7-13,15H2. The monoisotopic (exact) mass is 457 g/mol. The summed E-state index contributed by atoms with van der Waals surface area (Å²) in [6.07, 6.45) is 5.61. The van der Waals surface area contributed by atoms with Crippen molar-refractivity contribution in [1.29, 1.82) is 0 Å². The Kier molecular flexibility index (Phi) is 6.67. The van der Waals surface area contributed by atoms with Crippen LogP contribution in [0, 0.1) is 11.7 Å². The molecule has 3 fully saturated rings. The molecule has 0 spiro atoms. The summed E-state index contributed by atoms with van der Waals surface area (Å²) in [5, 5.41) is -0.209. The first-order chi connectivity index (χ1) is 14.4. The number of rotatable bonds is 5. The van der Waals surface area contributed by atoms with E-state index in [4.69, 9.17) is 11.6 Å². The van der Waals surface area contributed by atoms with Gasteiger partial charge in [0.2, 0.25) is 15.9 Å². The van der Waals surface area contributed by atoms with E-state index in [0.29, 0.717) is 32.0 Å². The molecule has 1 aromatic carbocycles. The minimum Gasteiger partial charge on any atom is -0.338 e. The van der Waals surface area contributed by atoms with Crippen LogP contribution in [0.25, 0.3) is 0 Å². The van der Waals surface area contributed by atoms with Crippen LogP contribution in [0.15, 0.2) is 23.1 Å². The van der Waals surface area contributed by atoms with Crippen LogP contribution in [0.3, 0.4) is 0 Å². The second-order valence-corrected chi connectivity index (χ2v) is 10.9. The normalized spacial score (nSPS) is 24.6. The van der Waals surface area contributed by atoms with Gasteiger partial charge in [0.15, 0.2) is 0 Å². The molecule has 6 nitrogen and oxygen atoms in total. The van der Waals surface area contributed by atoms with Gasteiger partial charge in [-0.3, -0.25) is 4.79 Å². The molecule has 0 aliphatic carbocycles. The molecule has 1 amide bonds. The van der Waals surface area contributed by atoms with Crippen molar-refractivity contribution in [3.05, 3.63) is 29.0 Å². The van der Waals surface area contributed by atoms with Gasteiger partial charge in [-0.05, 0) is 69.8 Å². The highest BCUT2D eigenvalue weighted by Crippen LogP contribution is 2.29. The molecule has 3 heterocycles. The molecule has 166 valence electrons. The lowest BCUT2D eigenvalue weighted by Gasteiger charge is -2.35. The van der Waals surface area contributed by atoms with Crippen molar-refractivity contribution in [3.63, 3.8) is 0 Å². The summed E-state index contributed by atoms with van der Waals surface area (Å²) in [4.78, 5) is 17.7. The van der Waals surface area contributed by atoms with Gasteiger partial charge in [-0.25, -0.2) is 12.8 Å². The van der Waals surface area contributed by atoms with Gasteiger partial charge >= 0.3 is 0 Å². The van der Waals surface area contributed by atoms with Crippen LogP contribution in [0.4, 0.5) is 4.39 Å². The van der Waals surface area contributed by atoms with Crippen LogP contribution in [0.2, 0.25) is 5.02 Å². The van der Waals surface area contributed by atoms with E-state index in [2.05, 4.69) is 4.90 Å². The summed E-state index contributed by atoms with van der Waals surface area (Å²) in [5.41, 5.74) is 0. The van der Waals surface area contributed by atoms with Gasteiger partial charge in [-0.1, -0.05) is 11.6 Å². The molecule has 0 saturated carbocycles. The molecular weight excluding hydrogens is 429 g/mol. The smallest absolute Gasteiger partial charge is 0.243 e. The van der Waals surface area contributed by atoms with Crippen molar-refractivity contribution >= 4 is 27.5 Å². The second kappa shape index (κ2) is 9.10. The Balaban J connectivity index is 1.36. The molecule has 1 unspecified atom stereocenters. The van der Waals surface area contributed by atoms with E-state index >= 15 is 0 Å². The zero-order valence-electron chi connectivity index (χ0n) is 17.1. The number of benzene rings is 1. The Morgan fingerprint density at radius 3 is 2.40 bits per heavy atom. The third-order valence-corrected chi connectivity index (χ3v) is 8.84. The summed E-state index contributed by atoms with van der Waals surface area (Å²) in [6.45, 7) is 4.61. The average molecular weight is 458 g/mol. The SMILES string of the molecule is O=C(C1CCN(S(=O)(=O)c2ccc(F)c(Cl)c2)CC1)N1CCCC1CN1CCCC1. The van der Waals surface area contributed by atoms with Gasteiger partial charge in [-0.2, -0.15) is 4.31 Å². The highest BCUT2D eigenvalue weighted by molar-refractivity contribution is 7.89. The largest absolute Gasteiger partial charge is 0.338 e. The topological polar surface area (TPSA) is 60.9 Å². The molecule has 1 aromatic rings. The summed E-state index contributed by atoms with van der Waals surface area (Å²) < 4.78 is 40.5. The maximum absolute atomic E-state index is 13.4. The lowest BCUT2D eigenvalue weighted by atomic mass is 9.96. The number of likely N-dealkylation sites (tertiary alicyclic amines) is 2. The van der Waals surface area contributed by atoms with Gasteiger partial charge in [0.1, 0.15) is 5.82 Å². The average Bonchev–Trinajstić information content (AvgIpc) is 3.42. The van der Waals surface area contributed by atoms with E-state index in [9.17, 15) is 17.6 Å². The quantitative estimate of drug-likeness (QED) is 0.682. The molecule has 0 N–H and O–H groups in total. The molecule has 1 atom stereocenters. The van der Waals surface area contributed by atoms with Gasteiger partial charge in [0, 0.05) is 38.1 Å². The predicted octanol–water partition coefficient (Wildman–Crippen LogP) is 2.97. The number of nitrogens with zero attached hydrogens (tertiary/aromatic N) is 3. The van der Waals surface area contributed by atoms with E-state index in [-0.39, 0.29) is 21.7 Å². The van der Waals surface area contributed by atoms with Crippen LogP contribution in [0.1, 0.15) is 38.5 Å². The van der Waals surface area contributed by atoms with Crippen molar-refractivity contribution < 1.29 is 17.6 Å². The van der Waals surface area contributed by atoms with Crippen LogP contribution in [-0.4, -0.2) is 73.7 Å². The Labute approximate surface area is 183 Å². The van der Waals surface area contributed by atoms with Crippen LogP contribution < -0.4 is 0 Å². The van der Waals surface area contributed by atoms with Gasteiger partial charge < -0.3 is 9.80 Å². The van der Waals surface area contributed by atoms with Crippen molar-refractivity contribution in [2.75, 3.05) is 39.3 Å². The zero-order valence-corrected chi connectivity index (χ0v) is 18.7. The molecule has 30 heavy (non-hydrogen) atoms. The molecule has 0 radical (unpaired) electrons. The van der Waals surface area contributed by atoms with E-state index in [1.165, 1.54) is 23.2 Å². The third-order valence-electron chi connectivity index (χ3n) is 6.66. The molecule has 0 bridgehead atoms. The molecule has 3 aliphatic heterocycles. The highest BCUT2D eigenvalue weighted by Gasteiger charge is 2.38. The van der Waals surface area contributed by atoms with E-state index in [1.807, 2.05) is 4.90 Å². The maximum Gasteiger partial charge on any atom is 0.243 e. The molecular formula is C21H29ClFN3O3S. The first-order valence-corrected chi connectivity index (χ1v) is 12.7. The number of carbonyl (C=O) groups is 1. The van der Waals surface area contributed by atoms with Crippen LogP contribution in [-0.2, 0) is 14.8 Å². The fourth-order valence-corrected chi connectivity index (χ4v) is 6.68. The number of halogens is 2. The number of hydrogen-bond donors (Lipinski definition) is 0. The zero-order chi connectivity index (χ0) is 21.3. The number of sulfonamides is 1. The lowest BCUT2D eigenvalue weighted by molar-refractivity contribution is -0.137. The second-order valence-electron chi connectivity index (χ2n) is 8.59. The lowest BCUT2D eigenvalue weighted by Crippen LogP contribution is -2.48. The number of carbonyl (C=O) groups excluding carboxylic acids is 1. The first-order valence-electron chi connectivity index (χ1n) is 10.8. The Bertz CT molecular complexity index is 883. The van der Waals surface area contributed by atoms with E-state index in [0.717, 1.165) is 51.2 Å². The molecule has 4 rings (SSSR count). The van der Waals surface area contributed by atoms with Crippen LogP contribution in [0.5, 0.6) is 0 Å². The highest BCUT2D eigenvalue weighted by atomic mass is 35.5. The molecule has 3 saturated heterocycles. The summed E-state index contributed by atoms with van der Waals surface area (Å²) >= 11 is 5.76. The summed E-state index contributed by atoms with van der Waals surface area (Å²) in [6, 6.07) is 3.75. The van der Waals surface area contributed by atoms with Gasteiger partial charge in [-0.15, -0.1) is 0 Å². The Morgan fingerprint density at radius 2 is 1.73 bits per heavy atom.